The summed E-state index contributed by atoms with van der Waals surface area (Å²) in [7, 11) is 0. The lowest BCUT2D eigenvalue weighted by Crippen LogP contribution is -2.15. The summed E-state index contributed by atoms with van der Waals surface area (Å²) in [6.45, 7) is 1.17. The Kier molecular flexibility index (Phi) is 3.25. The molecule has 3 rings (SSSR count). The predicted octanol–water partition coefficient (Wildman–Crippen LogP) is 3.05. The van der Waals surface area contributed by atoms with E-state index in [4.69, 9.17) is 21.1 Å². The van der Waals surface area contributed by atoms with Crippen molar-refractivity contribution in [3.8, 4) is 11.5 Å². The van der Waals surface area contributed by atoms with E-state index in [1.807, 2.05) is 18.2 Å². The fourth-order valence-corrected chi connectivity index (χ4v) is 2.57. The molecule has 1 aromatic carbocycles. The van der Waals surface area contributed by atoms with Crippen LogP contribution in [0.1, 0.15) is 0 Å². The van der Waals surface area contributed by atoms with E-state index in [1.165, 1.54) is 11.8 Å². The van der Waals surface area contributed by atoms with Gasteiger partial charge in [0.2, 0.25) is 0 Å². The van der Waals surface area contributed by atoms with Gasteiger partial charge in [-0.1, -0.05) is 23.4 Å². The van der Waals surface area contributed by atoms with Crippen LogP contribution in [0.3, 0.4) is 0 Å². The van der Waals surface area contributed by atoms with Crippen LogP contribution in [0.5, 0.6) is 11.5 Å². The molecule has 0 saturated heterocycles. The number of hydrogen-bond acceptors (Lipinski definition) is 5. The monoisotopic (exact) mass is 280 g/mol. The van der Waals surface area contributed by atoms with Crippen molar-refractivity contribution in [3.05, 3.63) is 35.7 Å². The highest BCUT2D eigenvalue weighted by atomic mass is 35.5. The van der Waals surface area contributed by atoms with Crippen LogP contribution in [-0.2, 0) is 0 Å². The first-order valence-corrected chi connectivity index (χ1v) is 6.56. The van der Waals surface area contributed by atoms with Gasteiger partial charge in [-0.05, 0) is 18.2 Å². The summed E-state index contributed by atoms with van der Waals surface area (Å²) in [4.78, 5) is 9.16. The van der Waals surface area contributed by atoms with Crippen molar-refractivity contribution in [2.45, 2.75) is 9.92 Å². The average Bonchev–Trinajstić information content (AvgIpc) is 2.41. The Morgan fingerprint density at radius 3 is 2.67 bits per heavy atom. The third-order valence-corrected chi connectivity index (χ3v) is 3.72. The Balaban J connectivity index is 1.87. The zero-order chi connectivity index (χ0) is 12.4. The number of ether oxygens (including phenoxy) is 2. The van der Waals surface area contributed by atoms with Crippen LogP contribution in [0.4, 0.5) is 0 Å². The van der Waals surface area contributed by atoms with Crippen molar-refractivity contribution >= 4 is 23.4 Å². The summed E-state index contributed by atoms with van der Waals surface area (Å²) in [5.41, 5.74) is 0. The molecule has 0 unspecified atom stereocenters. The fourth-order valence-electron chi connectivity index (χ4n) is 1.58. The van der Waals surface area contributed by atoms with E-state index in [0.29, 0.717) is 23.4 Å². The van der Waals surface area contributed by atoms with Crippen molar-refractivity contribution in [2.75, 3.05) is 13.2 Å². The van der Waals surface area contributed by atoms with Crippen LogP contribution in [0.25, 0.3) is 0 Å². The second-order valence-corrected chi connectivity index (χ2v) is 4.98. The molecule has 0 bridgehead atoms. The highest BCUT2D eigenvalue weighted by Crippen LogP contribution is 2.37. The summed E-state index contributed by atoms with van der Waals surface area (Å²) in [5, 5.41) is 1.08. The van der Waals surface area contributed by atoms with Gasteiger partial charge in [-0.25, -0.2) is 9.97 Å². The number of nitrogens with zero attached hydrogens (tertiary/aromatic N) is 2. The van der Waals surface area contributed by atoms with Gasteiger partial charge in [0.05, 0.1) is 0 Å². The third kappa shape index (κ3) is 2.37. The van der Waals surface area contributed by atoms with E-state index < -0.39 is 0 Å². The molecule has 0 atom stereocenters. The Labute approximate surface area is 113 Å². The smallest absolute Gasteiger partial charge is 0.162 e. The third-order valence-electron chi connectivity index (χ3n) is 2.35. The fraction of sp³-hybridized carbons (Fsp3) is 0.167. The molecule has 1 aliphatic heterocycles. The Morgan fingerprint density at radius 2 is 1.83 bits per heavy atom. The molecule has 0 fully saturated rings. The van der Waals surface area contributed by atoms with Crippen LogP contribution in [0.2, 0.25) is 5.15 Å². The highest BCUT2D eigenvalue weighted by Gasteiger charge is 2.13. The summed E-state index contributed by atoms with van der Waals surface area (Å²) in [6.07, 6.45) is 3.18. The van der Waals surface area contributed by atoms with E-state index in [9.17, 15) is 0 Å². The lowest BCUT2D eigenvalue weighted by atomic mass is 10.3. The molecule has 2 heterocycles. The number of halogens is 1. The first-order chi connectivity index (χ1) is 8.83. The number of benzene rings is 1. The standard InChI is InChI=1S/C12H9ClN2O2S/c13-11-12(15-4-3-14-11)18-8-1-2-9-10(7-8)17-6-5-16-9/h1-4,7H,5-6H2. The lowest BCUT2D eigenvalue weighted by Gasteiger charge is -2.18. The van der Waals surface area contributed by atoms with Crippen molar-refractivity contribution in [1.29, 1.82) is 0 Å². The quantitative estimate of drug-likeness (QED) is 0.846. The second kappa shape index (κ2) is 5.04. The molecule has 6 heteroatoms. The van der Waals surface area contributed by atoms with Crippen molar-refractivity contribution < 1.29 is 9.47 Å². The molecule has 18 heavy (non-hydrogen) atoms. The topological polar surface area (TPSA) is 44.2 Å². The van der Waals surface area contributed by atoms with E-state index in [-0.39, 0.29) is 0 Å². The first-order valence-electron chi connectivity index (χ1n) is 5.37. The van der Waals surface area contributed by atoms with E-state index in [1.54, 1.807) is 12.4 Å². The molecular weight excluding hydrogens is 272 g/mol. The van der Waals surface area contributed by atoms with Gasteiger partial charge in [-0.15, -0.1) is 0 Å². The molecule has 0 saturated carbocycles. The van der Waals surface area contributed by atoms with Gasteiger partial charge >= 0.3 is 0 Å². The predicted molar refractivity (Wildman–Crippen MR) is 68.6 cm³/mol. The van der Waals surface area contributed by atoms with Crippen LogP contribution >= 0.6 is 23.4 Å². The van der Waals surface area contributed by atoms with Gasteiger partial charge in [0.1, 0.15) is 18.2 Å². The van der Waals surface area contributed by atoms with Crippen LogP contribution in [-0.4, -0.2) is 23.2 Å². The molecular formula is C12H9ClN2O2S. The van der Waals surface area contributed by atoms with Gasteiger partial charge in [0, 0.05) is 17.3 Å². The van der Waals surface area contributed by atoms with Crippen molar-refractivity contribution in [1.82, 2.24) is 9.97 Å². The number of fused-ring (bicyclic) bond motifs is 1. The molecule has 0 aliphatic carbocycles. The molecule has 0 spiro atoms. The SMILES string of the molecule is Clc1nccnc1Sc1ccc2c(c1)OCCO2. The van der Waals surface area contributed by atoms with Gasteiger partial charge in [0.25, 0.3) is 0 Å². The maximum absolute atomic E-state index is 5.97. The summed E-state index contributed by atoms with van der Waals surface area (Å²) < 4.78 is 11.0. The first kappa shape index (κ1) is 11.6. The maximum atomic E-state index is 5.97. The zero-order valence-electron chi connectivity index (χ0n) is 9.30. The Hall–Kier alpha value is -1.46. The molecule has 1 aromatic heterocycles. The Bertz CT molecular complexity index is 580. The number of rotatable bonds is 2. The van der Waals surface area contributed by atoms with E-state index in [2.05, 4.69) is 9.97 Å². The Morgan fingerprint density at radius 1 is 1.06 bits per heavy atom. The number of aromatic nitrogens is 2. The largest absolute Gasteiger partial charge is 0.486 e. The lowest BCUT2D eigenvalue weighted by molar-refractivity contribution is 0.171. The zero-order valence-corrected chi connectivity index (χ0v) is 10.9. The maximum Gasteiger partial charge on any atom is 0.162 e. The molecule has 92 valence electrons. The molecule has 0 N–H and O–H groups in total. The van der Waals surface area contributed by atoms with E-state index in [0.717, 1.165) is 16.4 Å². The molecule has 1 aliphatic rings. The van der Waals surface area contributed by atoms with Gasteiger partial charge < -0.3 is 9.47 Å². The number of hydrogen-bond donors (Lipinski definition) is 0. The van der Waals surface area contributed by atoms with Gasteiger partial charge in [0.15, 0.2) is 16.7 Å². The van der Waals surface area contributed by atoms with Crippen LogP contribution in [0, 0.1) is 0 Å². The van der Waals surface area contributed by atoms with Crippen molar-refractivity contribution in [3.63, 3.8) is 0 Å². The molecule has 0 amide bonds. The average molecular weight is 281 g/mol. The summed E-state index contributed by atoms with van der Waals surface area (Å²) >= 11 is 7.41. The molecule has 4 nitrogen and oxygen atoms in total. The normalized spacial score (nSPS) is 13.4. The minimum absolute atomic E-state index is 0.400. The van der Waals surface area contributed by atoms with Gasteiger partial charge in [-0.2, -0.15) is 0 Å². The van der Waals surface area contributed by atoms with Gasteiger partial charge in [-0.3, -0.25) is 0 Å². The minimum atomic E-state index is 0.400. The molecule has 2 aromatic rings. The second-order valence-electron chi connectivity index (χ2n) is 3.56. The van der Waals surface area contributed by atoms with E-state index >= 15 is 0 Å². The van der Waals surface area contributed by atoms with Crippen LogP contribution in [0.15, 0.2) is 40.5 Å². The highest BCUT2D eigenvalue weighted by molar-refractivity contribution is 7.99. The van der Waals surface area contributed by atoms with Crippen LogP contribution < -0.4 is 9.47 Å². The summed E-state index contributed by atoms with van der Waals surface area (Å²) in [6, 6.07) is 5.76. The minimum Gasteiger partial charge on any atom is -0.486 e. The van der Waals surface area contributed by atoms with Crippen molar-refractivity contribution in [2.24, 2.45) is 0 Å². The summed E-state index contributed by atoms with van der Waals surface area (Å²) in [5.74, 6) is 1.53. The molecule has 0 radical (unpaired) electrons.